The summed E-state index contributed by atoms with van der Waals surface area (Å²) in [6, 6.07) is 14.7. The Bertz CT molecular complexity index is 835. The van der Waals surface area contributed by atoms with Gasteiger partial charge in [0.05, 0.1) is 19.3 Å². The molecule has 1 aliphatic rings. The molecule has 0 aromatic heterocycles. The van der Waals surface area contributed by atoms with Crippen molar-refractivity contribution in [2.45, 2.75) is 43.4 Å². The molecule has 156 valence electrons. The molecule has 2 aromatic carbocycles. The second-order valence-electron chi connectivity index (χ2n) is 7.19. The molecular formula is C22H26O7. The number of aryl methyl sites for hydroxylation is 2. The Morgan fingerprint density at radius 1 is 0.966 bits per heavy atom. The number of rotatable bonds is 6. The number of carbonyl (C=O) groups excluding carboxylic acids is 1. The van der Waals surface area contributed by atoms with Gasteiger partial charge in [0.1, 0.15) is 30.5 Å². The van der Waals surface area contributed by atoms with Crippen LogP contribution in [0.4, 0.5) is 0 Å². The molecule has 5 atom stereocenters. The van der Waals surface area contributed by atoms with E-state index in [-0.39, 0.29) is 5.97 Å². The van der Waals surface area contributed by atoms with Crippen LogP contribution in [-0.2, 0) is 22.3 Å². The van der Waals surface area contributed by atoms with Gasteiger partial charge in [-0.1, -0.05) is 36.4 Å². The van der Waals surface area contributed by atoms with Crippen LogP contribution in [0.3, 0.4) is 0 Å². The molecule has 2 aromatic rings. The lowest BCUT2D eigenvalue weighted by atomic mass is 9.90. The first-order valence-corrected chi connectivity index (χ1v) is 9.51. The maximum atomic E-state index is 11.7. The zero-order chi connectivity index (χ0) is 21.0. The number of hydrogen-bond donors (Lipinski definition) is 4. The van der Waals surface area contributed by atoms with Gasteiger partial charge in [0, 0.05) is 0 Å². The monoisotopic (exact) mass is 402 g/mol. The molecule has 0 radical (unpaired) electrons. The minimum atomic E-state index is -1.41. The Balaban J connectivity index is 1.72. The quantitative estimate of drug-likeness (QED) is 0.528. The van der Waals surface area contributed by atoms with E-state index in [9.17, 15) is 25.2 Å². The predicted molar refractivity (Wildman–Crippen MR) is 104 cm³/mol. The third-order valence-electron chi connectivity index (χ3n) is 5.22. The summed E-state index contributed by atoms with van der Waals surface area (Å²) in [5, 5.41) is 39.6. The van der Waals surface area contributed by atoms with E-state index in [1.807, 2.05) is 30.3 Å². The first-order chi connectivity index (χ1) is 13.9. The maximum absolute atomic E-state index is 11.7. The molecule has 0 unspecified atom stereocenters. The number of aliphatic hydroxyl groups is 4. The average Bonchev–Trinajstić information content (AvgIpc) is 2.76. The molecule has 1 saturated heterocycles. The van der Waals surface area contributed by atoms with E-state index < -0.39 is 37.1 Å². The molecule has 7 heteroatoms. The molecule has 1 heterocycles. The summed E-state index contributed by atoms with van der Waals surface area (Å²) >= 11 is 0. The van der Waals surface area contributed by atoms with Gasteiger partial charge < -0.3 is 29.9 Å². The molecule has 0 bridgehead atoms. The van der Waals surface area contributed by atoms with E-state index in [0.717, 1.165) is 11.1 Å². The molecule has 0 aliphatic carbocycles. The molecule has 1 aliphatic heterocycles. The van der Waals surface area contributed by atoms with Crippen LogP contribution in [0, 0.1) is 0 Å². The van der Waals surface area contributed by atoms with Crippen molar-refractivity contribution >= 4 is 5.97 Å². The lowest BCUT2D eigenvalue weighted by molar-refractivity contribution is -0.231. The lowest BCUT2D eigenvalue weighted by Crippen LogP contribution is -2.55. The van der Waals surface area contributed by atoms with Gasteiger partial charge >= 0.3 is 5.97 Å². The smallest absolute Gasteiger partial charge is 0.337 e. The number of aliphatic hydroxyl groups excluding tert-OH is 4. The van der Waals surface area contributed by atoms with Gasteiger partial charge in [0.25, 0.3) is 0 Å². The van der Waals surface area contributed by atoms with E-state index >= 15 is 0 Å². The molecule has 4 N–H and O–H groups in total. The largest absolute Gasteiger partial charge is 0.465 e. The Morgan fingerprint density at radius 3 is 2.28 bits per heavy atom. The SMILES string of the molecule is COC(=O)c1cccc(CCc2cccc([C@H]3O[C@H](CO)[C@@H](O)[C@H](O)[C@H]3O)c2)c1. The van der Waals surface area contributed by atoms with Crippen LogP contribution < -0.4 is 0 Å². The van der Waals surface area contributed by atoms with Gasteiger partial charge in [-0.05, 0) is 41.7 Å². The van der Waals surface area contributed by atoms with E-state index in [4.69, 9.17) is 9.47 Å². The minimum Gasteiger partial charge on any atom is -0.465 e. The highest BCUT2D eigenvalue weighted by molar-refractivity contribution is 5.89. The Labute approximate surface area is 169 Å². The van der Waals surface area contributed by atoms with Gasteiger partial charge in [-0.2, -0.15) is 0 Å². The Hall–Kier alpha value is -2.29. The standard InChI is InChI=1S/C22H26O7/c1-28-22(27)16-7-3-5-14(11-16)9-8-13-4-2-6-15(10-13)21-20(26)19(25)18(24)17(12-23)29-21/h2-7,10-11,17-21,23-26H,8-9,12H2,1H3/t17-,18-,19+,20-,21-/m1/s1. The molecule has 1 fully saturated rings. The van der Waals surface area contributed by atoms with E-state index in [1.165, 1.54) is 7.11 Å². The van der Waals surface area contributed by atoms with Crippen LogP contribution >= 0.6 is 0 Å². The summed E-state index contributed by atoms with van der Waals surface area (Å²) < 4.78 is 10.4. The molecule has 29 heavy (non-hydrogen) atoms. The summed E-state index contributed by atoms with van der Waals surface area (Å²) in [6.07, 6.45) is -4.50. The van der Waals surface area contributed by atoms with Gasteiger partial charge in [-0.3, -0.25) is 0 Å². The molecule has 0 amide bonds. The molecule has 0 saturated carbocycles. The average molecular weight is 402 g/mol. The van der Waals surface area contributed by atoms with Crippen molar-refractivity contribution in [3.63, 3.8) is 0 Å². The molecule has 3 rings (SSSR count). The highest BCUT2D eigenvalue weighted by atomic mass is 16.5. The summed E-state index contributed by atoms with van der Waals surface area (Å²) in [4.78, 5) is 11.7. The summed E-state index contributed by atoms with van der Waals surface area (Å²) in [5.74, 6) is -0.378. The van der Waals surface area contributed by atoms with Crippen LogP contribution in [0.1, 0.15) is 33.2 Å². The fourth-order valence-electron chi connectivity index (χ4n) is 3.56. The van der Waals surface area contributed by atoms with Gasteiger partial charge in [-0.15, -0.1) is 0 Å². The molecular weight excluding hydrogens is 376 g/mol. The zero-order valence-electron chi connectivity index (χ0n) is 16.1. The Morgan fingerprint density at radius 2 is 1.62 bits per heavy atom. The van der Waals surface area contributed by atoms with Crippen molar-refractivity contribution in [2.75, 3.05) is 13.7 Å². The highest BCUT2D eigenvalue weighted by Gasteiger charge is 2.43. The normalized spacial score (nSPS) is 26.9. The number of methoxy groups -OCH3 is 1. The van der Waals surface area contributed by atoms with Crippen molar-refractivity contribution in [1.82, 2.24) is 0 Å². The third-order valence-corrected chi connectivity index (χ3v) is 5.22. The fraction of sp³-hybridized carbons (Fsp3) is 0.409. The van der Waals surface area contributed by atoms with Crippen molar-refractivity contribution in [3.05, 3.63) is 70.8 Å². The van der Waals surface area contributed by atoms with Crippen molar-refractivity contribution in [1.29, 1.82) is 0 Å². The minimum absolute atomic E-state index is 0.378. The second kappa shape index (κ2) is 9.47. The van der Waals surface area contributed by atoms with E-state index in [0.29, 0.717) is 24.0 Å². The van der Waals surface area contributed by atoms with Gasteiger partial charge in [0.2, 0.25) is 0 Å². The number of hydrogen-bond acceptors (Lipinski definition) is 7. The Kier molecular flexibility index (Phi) is 7.00. The van der Waals surface area contributed by atoms with E-state index in [1.54, 1.807) is 18.2 Å². The summed E-state index contributed by atoms with van der Waals surface area (Å²) in [5.41, 5.74) is 3.14. The van der Waals surface area contributed by atoms with Crippen LogP contribution in [0.2, 0.25) is 0 Å². The highest BCUT2D eigenvalue weighted by Crippen LogP contribution is 2.32. The lowest BCUT2D eigenvalue weighted by Gasteiger charge is -2.40. The summed E-state index contributed by atoms with van der Waals surface area (Å²) in [6.45, 7) is -0.461. The predicted octanol–water partition coefficient (Wildman–Crippen LogP) is 0.773. The molecule has 0 spiro atoms. The molecule has 7 nitrogen and oxygen atoms in total. The fourth-order valence-corrected chi connectivity index (χ4v) is 3.56. The zero-order valence-corrected chi connectivity index (χ0v) is 16.1. The number of esters is 1. The first kappa shape index (κ1) is 21.4. The van der Waals surface area contributed by atoms with Crippen LogP contribution in [0.15, 0.2) is 48.5 Å². The number of ether oxygens (including phenoxy) is 2. The number of carbonyl (C=O) groups is 1. The van der Waals surface area contributed by atoms with Crippen LogP contribution in [0.25, 0.3) is 0 Å². The summed E-state index contributed by atoms with van der Waals surface area (Å²) in [7, 11) is 1.35. The van der Waals surface area contributed by atoms with Crippen molar-refractivity contribution < 1.29 is 34.7 Å². The van der Waals surface area contributed by atoms with E-state index in [2.05, 4.69) is 0 Å². The topological polar surface area (TPSA) is 116 Å². The van der Waals surface area contributed by atoms with Crippen molar-refractivity contribution in [3.8, 4) is 0 Å². The van der Waals surface area contributed by atoms with Crippen molar-refractivity contribution in [2.24, 2.45) is 0 Å². The van der Waals surface area contributed by atoms with Gasteiger partial charge in [0.15, 0.2) is 0 Å². The van der Waals surface area contributed by atoms with Crippen LogP contribution in [-0.4, -0.2) is 64.5 Å². The third kappa shape index (κ3) is 4.83. The first-order valence-electron chi connectivity index (χ1n) is 9.51. The second-order valence-corrected chi connectivity index (χ2v) is 7.19. The number of benzene rings is 2. The van der Waals surface area contributed by atoms with Crippen LogP contribution in [0.5, 0.6) is 0 Å². The van der Waals surface area contributed by atoms with Gasteiger partial charge in [-0.25, -0.2) is 4.79 Å². The maximum Gasteiger partial charge on any atom is 0.337 e.